The standard InChI is InChI=1S/C23H24N4O3S/c28-23(27-15-13-26(14-16-27)18-19-5-4-12-24-17-19)20-8-10-21(11-9-20)25-31(29,30)22-6-2-1-3-7-22/h1-12,17,25H,13-16,18H2. The van der Waals surface area contributed by atoms with Gasteiger partial charge in [-0.2, -0.15) is 0 Å². The number of amides is 1. The summed E-state index contributed by atoms with van der Waals surface area (Å²) in [4.78, 5) is 21.3. The molecule has 0 unspecified atom stereocenters. The van der Waals surface area contributed by atoms with Crippen LogP contribution in [0, 0.1) is 0 Å². The Morgan fingerprint density at radius 2 is 1.61 bits per heavy atom. The second-order valence-electron chi connectivity index (χ2n) is 7.43. The molecule has 1 aliphatic rings. The third kappa shape index (κ3) is 5.28. The summed E-state index contributed by atoms with van der Waals surface area (Å²) in [5.74, 6) is -0.0431. The Morgan fingerprint density at radius 3 is 2.26 bits per heavy atom. The molecule has 0 saturated carbocycles. The molecule has 0 aliphatic carbocycles. The Bertz CT molecular complexity index is 1110. The monoisotopic (exact) mass is 436 g/mol. The predicted octanol–water partition coefficient (Wildman–Crippen LogP) is 2.84. The van der Waals surface area contributed by atoms with Crippen LogP contribution in [0.15, 0.2) is 84.0 Å². The first-order valence-electron chi connectivity index (χ1n) is 10.1. The van der Waals surface area contributed by atoms with E-state index in [0.717, 1.165) is 25.2 Å². The van der Waals surface area contributed by atoms with Gasteiger partial charge in [0.25, 0.3) is 15.9 Å². The number of piperazine rings is 1. The van der Waals surface area contributed by atoms with Gasteiger partial charge in [-0.3, -0.25) is 19.4 Å². The molecule has 160 valence electrons. The molecule has 1 saturated heterocycles. The van der Waals surface area contributed by atoms with Crippen molar-refractivity contribution in [3.63, 3.8) is 0 Å². The molecule has 0 bridgehead atoms. The second-order valence-corrected chi connectivity index (χ2v) is 9.11. The van der Waals surface area contributed by atoms with Gasteiger partial charge >= 0.3 is 0 Å². The Morgan fingerprint density at radius 1 is 0.903 bits per heavy atom. The van der Waals surface area contributed by atoms with Crippen LogP contribution >= 0.6 is 0 Å². The fourth-order valence-corrected chi connectivity index (χ4v) is 4.62. The molecule has 0 radical (unpaired) electrons. The molecule has 1 aromatic heterocycles. The van der Waals surface area contributed by atoms with Crippen molar-refractivity contribution in [1.82, 2.24) is 14.8 Å². The topological polar surface area (TPSA) is 82.6 Å². The van der Waals surface area contributed by atoms with Crippen molar-refractivity contribution in [3.8, 4) is 0 Å². The van der Waals surface area contributed by atoms with Crippen molar-refractivity contribution < 1.29 is 13.2 Å². The number of rotatable bonds is 6. The summed E-state index contributed by atoms with van der Waals surface area (Å²) >= 11 is 0. The van der Waals surface area contributed by atoms with Crippen molar-refractivity contribution in [3.05, 3.63) is 90.3 Å². The van der Waals surface area contributed by atoms with Crippen LogP contribution in [0.1, 0.15) is 15.9 Å². The Hall–Kier alpha value is -3.23. The summed E-state index contributed by atoms with van der Waals surface area (Å²) in [6.07, 6.45) is 3.63. The van der Waals surface area contributed by atoms with Gasteiger partial charge in [0.2, 0.25) is 0 Å². The highest BCUT2D eigenvalue weighted by atomic mass is 32.2. The maximum Gasteiger partial charge on any atom is 0.261 e. The smallest absolute Gasteiger partial charge is 0.261 e. The third-order valence-electron chi connectivity index (χ3n) is 5.23. The molecule has 1 N–H and O–H groups in total. The maximum atomic E-state index is 12.8. The lowest BCUT2D eigenvalue weighted by atomic mass is 10.1. The Balaban J connectivity index is 1.33. The lowest BCUT2D eigenvalue weighted by Crippen LogP contribution is -2.48. The molecule has 0 spiro atoms. The molecule has 0 atom stereocenters. The van der Waals surface area contributed by atoms with Gasteiger partial charge in [0.1, 0.15) is 0 Å². The van der Waals surface area contributed by atoms with Gasteiger partial charge in [-0.15, -0.1) is 0 Å². The molecule has 1 fully saturated rings. The number of nitrogens with one attached hydrogen (secondary N) is 1. The highest BCUT2D eigenvalue weighted by molar-refractivity contribution is 7.92. The zero-order valence-corrected chi connectivity index (χ0v) is 17.8. The number of carbonyl (C=O) groups is 1. The fourth-order valence-electron chi connectivity index (χ4n) is 3.54. The summed E-state index contributed by atoms with van der Waals surface area (Å²) in [6, 6.07) is 18.7. The minimum absolute atomic E-state index is 0.0431. The zero-order chi connectivity index (χ0) is 21.7. The minimum atomic E-state index is -3.65. The van der Waals surface area contributed by atoms with Crippen LogP contribution in [-0.2, 0) is 16.6 Å². The molecule has 1 aliphatic heterocycles. The first-order chi connectivity index (χ1) is 15.0. The molecule has 4 rings (SSSR count). The largest absolute Gasteiger partial charge is 0.336 e. The van der Waals surface area contributed by atoms with Gasteiger partial charge in [-0.05, 0) is 48.0 Å². The van der Waals surface area contributed by atoms with Gasteiger partial charge < -0.3 is 4.90 Å². The SMILES string of the molecule is O=C(c1ccc(NS(=O)(=O)c2ccccc2)cc1)N1CCN(Cc2cccnc2)CC1. The summed E-state index contributed by atoms with van der Waals surface area (Å²) in [5.41, 5.74) is 2.13. The van der Waals surface area contributed by atoms with E-state index in [9.17, 15) is 13.2 Å². The number of carbonyl (C=O) groups excluding carboxylic acids is 1. The average Bonchev–Trinajstić information content (AvgIpc) is 2.81. The van der Waals surface area contributed by atoms with Gasteiger partial charge in [-0.1, -0.05) is 24.3 Å². The van der Waals surface area contributed by atoms with Gasteiger partial charge in [-0.25, -0.2) is 8.42 Å². The van der Waals surface area contributed by atoms with Crippen LogP contribution in [-0.4, -0.2) is 55.3 Å². The number of hydrogen-bond acceptors (Lipinski definition) is 5. The molecule has 3 aromatic rings. The van der Waals surface area contributed by atoms with Crippen molar-refractivity contribution in [2.24, 2.45) is 0 Å². The third-order valence-corrected chi connectivity index (χ3v) is 6.62. The number of pyridine rings is 1. The molecule has 31 heavy (non-hydrogen) atoms. The van der Waals surface area contributed by atoms with Crippen LogP contribution in [0.25, 0.3) is 0 Å². The summed E-state index contributed by atoms with van der Waals surface area (Å²) in [5, 5.41) is 0. The van der Waals surface area contributed by atoms with Gasteiger partial charge in [0.05, 0.1) is 4.90 Å². The predicted molar refractivity (Wildman–Crippen MR) is 119 cm³/mol. The number of aromatic nitrogens is 1. The van der Waals surface area contributed by atoms with Crippen molar-refractivity contribution in [2.75, 3.05) is 30.9 Å². The Labute approximate surface area is 182 Å². The van der Waals surface area contributed by atoms with E-state index in [-0.39, 0.29) is 10.8 Å². The first-order valence-corrected chi connectivity index (χ1v) is 11.6. The van der Waals surface area contributed by atoms with E-state index in [1.54, 1.807) is 48.7 Å². The normalized spacial score (nSPS) is 14.9. The number of anilines is 1. The van der Waals surface area contributed by atoms with Crippen LogP contribution in [0.4, 0.5) is 5.69 Å². The molecule has 7 nitrogen and oxygen atoms in total. The van der Waals surface area contributed by atoms with Gasteiger partial charge in [0, 0.05) is 56.4 Å². The van der Waals surface area contributed by atoms with E-state index in [1.807, 2.05) is 17.2 Å². The van der Waals surface area contributed by atoms with Crippen LogP contribution in [0.3, 0.4) is 0 Å². The Kier molecular flexibility index (Phi) is 6.29. The molecule has 1 amide bonds. The van der Waals surface area contributed by atoms with Crippen LogP contribution in [0.5, 0.6) is 0 Å². The number of nitrogens with zero attached hydrogens (tertiary/aromatic N) is 3. The van der Waals surface area contributed by atoms with E-state index < -0.39 is 10.0 Å². The minimum Gasteiger partial charge on any atom is -0.336 e. The number of sulfonamides is 1. The van der Waals surface area contributed by atoms with Crippen molar-refractivity contribution in [2.45, 2.75) is 11.4 Å². The highest BCUT2D eigenvalue weighted by Gasteiger charge is 2.22. The van der Waals surface area contributed by atoms with Crippen molar-refractivity contribution in [1.29, 1.82) is 0 Å². The maximum absolute atomic E-state index is 12.8. The van der Waals surface area contributed by atoms with E-state index in [4.69, 9.17) is 0 Å². The average molecular weight is 437 g/mol. The van der Waals surface area contributed by atoms with Crippen molar-refractivity contribution >= 4 is 21.6 Å². The number of benzene rings is 2. The van der Waals surface area contributed by atoms with E-state index >= 15 is 0 Å². The fraction of sp³-hybridized carbons (Fsp3) is 0.217. The van der Waals surface area contributed by atoms with E-state index in [2.05, 4.69) is 20.7 Å². The van der Waals surface area contributed by atoms with E-state index in [1.165, 1.54) is 12.1 Å². The lowest BCUT2D eigenvalue weighted by molar-refractivity contribution is 0.0628. The zero-order valence-electron chi connectivity index (χ0n) is 17.0. The molecule has 2 heterocycles. The lowest BCUT2D eigenvalue weighted by Gasteiger charge is -2.34. The molecule has 8 heteroatoms. The highest BCUT2D eigenvalue weighted by Crippen LogP contribution is 2.18. The van der Waals surface area contributed by atoms with Gasteiger partial charge in [0.15, 0.2) is 0 Å². The number of hydrogen-bond donors (Lipinski definition) is 1. The molecule has 2 aromatic carbocycles. The van der Waals surface area contributed by atoms with E-state index in [0.29, 0.717) is 24.3 Å². The second kappa shape index (κ2) is 9.28. The molecular weight excluding hydrogens is 412 g/mol. The quantitative estimate of drug-likeness (QED) is 0.643. The summed E-state index contributed by atoms with van der Waals surface area (Å²) in [6.45, 7) is 3.74. The first kappa shape index (κ1) is 21.0. The summed E-state index contributed by atoms with van der Waals surface area (Å²) < 4.78 is 27.4. The molecular formula is C23H24N4O3S. The van der Waals surface area contributed by atoms with Crippen LogP contribution < -0.4 is 4.72 Å². The van der Waals surface area contributed by atoms with Crippen LogP contribution in [0.2, 0.25) is 0 Å². The summed E-state index contributed by atoms with van der Waals surface area (Å²) in [7, 11) is -3.65.